The Kier molecular flexibility index (Phi) is 5.63. The number of hydrogen-bond donors (Lipinski definition) is 1. The molecule has 0 unspecified atom stereocenters. The first-order valence-corrected chi connectivity index (χ1v) is 7.48. The number of carbonyl (C=O) groups is 1. The van der Waals surface area contributed by atoms with Gasteiger partial charge in [-0.1, -0.05) is 12.1 Å². The number of hydrazone groups is 1. The van der Waals surface area contributed by atoms with Gasteiger partial charge < -0.3 is 4.74 Å². The van der Waals surface area contributed by atoms with Crippen molar-refractivity contribution >= 4 is 28.7 Å². The molecule has 2 rings (SSSR count). The average Bonchev–Trinajstić information content (AvgIpc) is 2.95. The number of nitriles is 1. The summed E-state index contributed by atoms with van der Waals surface area (Å²) in [5.41, 5.74) is 4.84. The summed E-state index contributed by atoms with van der Waals surface area (Å²) in [5.74, 6) is -0.295. The zero-order valence-electron chi connectivity index (χ0n) is 11.9. The van der Waals surface area contributed by atoms with Crippen LogP contribution >= 0.6 is 11.3 Å². The summed E-state index contributed by atoms with van der Waals surface area (Å²) < 4.78 is 4.87. The number of benzene rings is 1. The molecule has 1 heterocycles. The van der Waals surface area contributed by atoms with E-state index in [4.69, 9.17) is 10.00 Å². The molecule has 6 nitrogen and oxygen atoms in total. The van der Waals surface area contributed by atoms with Gasteiger partial charge in [-0.2, -0.15) is 10.4 Å². The van der Waals surface area contributed by atoms with Crippen LogP contribution in [0.25, 0.3) is 0 Å². The minimum atomic E-state index is -0.295. The van der Waals surface area contributed by atoms with Gasteiger partial charge in [-0.15, -0.1) is 11.3 Å². The molecule has 0 aliphatic carbocycles. The predicted molar refractivity (Wildman–Crippen MR) is 84.8 cm³/mol. The van der Waals surface area contributed by atoms with E-state index >= 15 is 0 Å². The first-order chi connectivity index (χ1) is 10.7. The van der Waals surface area contributed by atoms with Crippen molar-refractivity contribution in [2.75, 3.05) is 12.0 Å². The summed E-state index contributed by atoms with van der Waals surface area (Å²) >= 11 is 1.36. The summed E-state index contributed by atoms with van der Waals surface area (Å²) in [5, 5.41) is 15.3. The standard InChI is InChI=1S/C15H14N4O2S/c1-2-21-14(20)7-13-10-22-15(18-13)19-17-9-12-5-3-4-11(6-12)8-16/h3-6,9-10H,2,7H2,1H3,(H,18,19). The molecule has 1 aromatic heterocycles. The fourth-order valence-corrected chi connectivity index (χ4v) is 2.31. The second kappa shape index (κ2) is 7.90. The van der Waals surface area contributed by atoms with Crippen molar-refractivity contribution in [1.29, 1.82) is 5.26 Å². The van der Waals surface area contributed by atoms with Crippen molar-refractivity contribution in [3.63, 3.8) is 0 Å². The predicted octanol–water partition coefficient (Wildman–Crippen LogP) is 2.57. The van der Waals surface area contributed by atoms with Crippen LogP contribution in [0.4, 0.5) is 5.13 Å². The monoisotopic (exact) mass is 314 g/mol. The summed E-state index contributed by atoms with van der Waals surface area (Å²) in [6.45, 7) is 2.13. The Hall–Kier alpha value is -2.72. The van der Waals surface area contributed by atoms with Gasteiger partial charge >= 0.3 is 5.97 Å². The lowest BCUT2D eigenvalue weighted by Crippen LogP contribution is -2.07. The van der Waals surface area contributed by atoms with Crippen molar-refractivity contribution in [2.45, 2.75) is 13.3 Å². The second-order valence-electron chi connectivity index (χ2n) is 4.23. The lowest BCUT2D eigenvalue weighted by molar-refractivity contribution is -0.142. The summed E-state index contributed by atoms with van der Waals surface area (Å²) in [6, 6.07) is 9.18. The molecule has 0 fully saturated rings. The van der Waals surface area contributed by atoms with E-state index in [-0.39, 0.29) is 12.4 Å². The third-order valence-electron chi connectivity index (χ3n) is 2.57. The van der Waals surface area contributed by atoms with E-state index in [1.54, 1.807) is 36.7 Å². The number of hydrogen-bond acceptors (Lipinski definition) is 7. The van der Waals surface area contributed by atoms with Crippen molar-refractivity contribution in [1.82, 2.24) is 4.98 Å². The van der Waals surface area contributed by atoms with Gasteiger partial charge in [0.25, 0.3) is 0 Å². The molecule has 0 aliphatic rings. The number of aromatic nitrogens is 1. The van der Waals surface area contributed by atoms with Crippen LogP contribution in [0.1, 0.15) is 23.7 Å². The normalized spacial score (nSPS) is 10.4. The van der Waals surface area contributed by atoms with Gasteiger partial charge in [0.05, 0.1) is 36.6 Å². The minimum Gasteiger partial charge on any atom is -0.466 e. The van der Waals surface area contributed by atoms with E-state index in [1.165, 1.54) is 11.3 Å². The maximum atomic E-state index is 11.3. The van der Waals surface area contributed by atoms with E-state index < -0.39 is 0 Å². The van der Waals surface area contributed by atoms with Crippen LogP contribution in [0.5, 0.6) is 0 Å². The molecule has 0 saturated heterocycles. The van der Waals surface area contributed by atoms with Crippen molar-refractivity contribution < 1.29 is 9.53 Å². The smallest absolute Gasteiger partial charge is 0.311 e. The molecule has 112 valence electrons. The number of nitrogens with one attached hydrogen (secondary N) is 1. The zero-order valence-corrected chi connectivity index (χ0v) is 12.8. The quantitative estimate of drug-likeness (QED) is 0.503. The summed E-state index contributed by atoms with van der Waals surface area (Å²) in [6.07, 6.45) is 1.76. The first-order valence-electron chi connectivity index (χ1n) is 6.60. The molecule has 0 saturated carbocycles. The minimum absolute atomic E-state index is 0.153. The van der Waals surface area contributed by atoms with Gasteiger partial charge in [0.2, 0.25) is 5.13 Å². The zero-order chi connectivity index (χ0) is 15.8. The molecule has 0 amide bonds. The topological polar surface area (TPSA) is 87.4 Å². The maximum Gasteiger partial charge on any atom is 0.311 e. The Morgan fingerprint density at radius 3 is 3.23 bits per heavy atom. The number of carbonyl (C=O) groups excluding carboxylic acids is 1. The van der Waals surface area contributed by atoms with Crippen LogP contribution in [0.2, 0.25) is 0 Å². The molecule has 0 atom stereocenters. The van der Waals surface area contributed by atoms with Crippen LogP contribution in [0, 0.1) is 11.3 Å². The number of esters is 1. The molecule has 2 aromatic rings. The molecular formula is C15H14N4O2S. The molecule has 0 radical (unpaired) electrons. The maximum absolute atomic E-state index is 11.3. The Morgan fingerprint density at radius 1 is 1.59 bits per heavy atom. The third-order valence-corrected chi connectivity index (χ3v) is 3.37. The van der Waals surface area contributed by atoms with Gasteiger partial charge in [-0.25, -0.2) is 4.98 Å². The molecule has 0 spiro atoms. The first kappa shape index (κ1) is 15.7. The molecule has 1 N–H and O–H groups in total. The Morgan fingerprint density at radius 2 is 2.45 bits per heavy atom. The van der Waals surface area contributed by atoms with Gasteiger partial charge in [0.1, 0.15) is 0 Å². The fraction of sp³-hybridized carbons (Fsp3) is 0.200. The Labute approximate surface area is 132 Å². The van der Waals surface area contributed by atoms with Crippen molar-refractivity contribution in [2.24, 2.45) is 5.10 Å². The lowest BCUT2D eigenvalue weighted by atomic mass is 10.1. The van der Waals surface area contributed by atoms with Gasteiger partial charge in [-0.3, -0.25) is 10.2 Å². The molecule has 0 bridgehead atoms. The van der Waals surface area contributed by atoms with Crippen LogP contribution in [0.3, 0.4) is 0 Å². The largest absolute Gasteiger partial charge is 0.466 e. The van der Waals surface area contributed by atoms with Gasteiger partial charge in [0, 0.05) is 5.38 Å². The summed E-state index contributed by atoms with van der Waals surface area (Å²) in [4.78, 5) is 15.6. The van der Waals surface area contributed by atoms with E-state index in [9.17, 15) is 4.79 Å². The Balaban J connectivity index is 1.91. The highest BCUT2D eigenvalue weighted by Gasteiger charge is 2.07. The van der Waals surface area contributed by atoms with Crippen LogP contribution < -0.4 is 5.43 Å². The third kappa shape index (κ3) is 4.68. The van der Waals surface area contributed by atoms with E-state index in [1.807, 2.05) is 6.07 Å². The van der Waals surface area contributed by atoms with Crippen molar-refractivity contribution in [3.8, 4) is 6.07 Å². The van der Waals surface area contributed by atoms with E-state index in [0.717, 1.165) is 5.56 Å². The SMILES string of the molecule is CCOC(=O)Cc1csc(NN=Cc2cccc(C#N)c2)n1. The molecule has 7 heteroatoms. The van der Waals surface area contributed by atoms with E-state index in [2.05, 4.69) is 21.6 Å². The fourth-order valence-electron chi connectivity index (χ4n) is 1.65. The average molecular weight is 314 g/mol. The number of thiazole rings is 1. The second-order valence-corrected chi connectivity index (χ2v) is 5.09. The van der Waals surface area contributed by atoms with Gasteiger partial charge in [0.15, 0.2) is 0 Å². The molecule has 1 aromatic carbocycles. The number of rotatable bonds is 6. The number of nitrogens with zero attached hydrogens (tertiary/aromatic N) is 3. The number of anilines is 1. The summed E-state index contributed by atoms with van der Waals surface area (Å²) in [7, 11) is 0. The molecular weight excluding hydrogens is 300 g/mol. The van der Waals surface area contributed by atoms with Crippen LogP contribution in [-0.4, -0.2) is 23.8 Å². The Bertz CT molecular complexity index is 718. The lowest BCUT2D eigenvalue weighted by Gasteiger charge is -1.98. The van der Waals surface area contributed by atoms with Crippen molar-refractivity contribution in [3.05, 3.63) is 46.5 Å². The molecule has 0 aliphatic heterocycles. The van der Waals surface area contributed by atoms with E-state index in [0.29, 0.717) is 23.0 Å². The highest BCUT2D eigenvalue weighted by atomic mass is 32.1. The number of ether oxygens (including phenoxy) is 1. The highest BCUT2D eigenvalue weighted by molar-refractivity contribution is 7.13. The molecule has 22 heavy (non-hydrogen) atoms. The van der Waals surface area contributed by atoms with Gasteiger partial charge in [-0.05, 0) is 24.6 Å². The van der Waals surface area contributed by atoms with Crippen LogP contribution in [0.15, 0.2) is 34.7 Å². The highest BCUT2D eigenvalue weighted by Crippen LogP contribution is 2.16. The van der Waals surface area contributed by atoms with Crippen LogP contribution in [-0.2, 0) is 16.0 Å².